The maximum Gasteiger partial charge on any atom is 0.239 e. The molecule has 150 valence electrons. The molecule has 0 atom stereocenters. The Hall–Kier alpha value is -2.04. The lowest BCUT2D eigenvalue weighted by Crippen LogP contribution is -2.47. The van der Waals surface area contributed by atoms with Crippen LogP contribution in [0, 0.1) is 12.3 Å². The van der Waals surface area contributed by atoms with Gasteiger partial charge in [0.25, 0.3) is 0 Å². The second kappa shape index (κ2) is 9.25. The van der Waals surface area contributed by atoms with E-state index < -0.39 is 5.41 Å². The molecule has 2 amide bonds. The van der Waals surface area contributed by atoms with Gasteiger partial charge in [-0.25, -0.2) is 0 Å². The van der Waals surface area contributed by atoms with Crippen LogP contribution in [-0.2, 0) is 9.59 Å². The fraction of sp³-hybridized carbons (Fsp3) is 0.636. The molecule has 0 bridgehead atoms. The van der Waals surface area contributed by atoms with E-state index in [1.54, 1.807) is 13.8 Å². The highest BCUT2D eigenvalue weighted by Crippen LogP contribution is 2.27. The average molecular weight is 374 g/mol. The topological polar surface area (TPSA) is 52.7 Å². The number of nitrogens with one attached hydrogen (secondary N) is 1. The van der Waals surface area contributed by atoms with Gasteiger partial charge in [0.15, 0.2) is 0 Å². The van der Waals surface area contributed by atoms with Crippen LogP contribution >= 0.6 is 0 Å². The molecule has 1 N–H and O–H groups in total. The number of hydrogen-bond donors (Lipinski definition) is 1. The summed E-state index contributed by atoms with van der Waals surface area (Å²) in [6.45, 7) is 13.1. The van der Waals surface area contributed by atoms with Gasteiger partial charge in [-0.15, -0.1) is 0 Å². The van der Waals surface area contributed by atoms with E-state index in [0.29, 0.717) is 0 Å². The Balaban J connectivity index is 2.11. The van der Waals surface area contributed by atoms with Crippen LogP contribution in [0.5, 0.6) is 0 Å². The standard InChI is InChI=1S/C22H35N3O2/c1-6-24(7-2)18-12-13-19(17(3)16-18)23-20(26)22(4,5)21(27)25-14-10-8-9-11-15-25/h12-13,16H,6-11,14-15H2,1-5H3,(H,23,26). The van der Waals surface area contributed by atoms with E-state index in [9.17, 15) is 9.59 Å². The lowest BCUT2D eigenvalue weighted by Gasteiger charge is -2.30. The number of anilines is 2. The van der Waals surface area contributed by atoms with Crippen molar-refractivity contribution in [2.24, 2.45) is 5.41 Å². The molecule has 0 unspecified atom stereocenters. The van der Waals surface area contributed by atoms with Crippen LogP contribution in [0.15, 0.2) is 18.2 Å². The predicted molar refractivity (Wildman–Crippen MR) is 112 cm³/mol. The first-order chi connectivity index (χ1) is 12.8. The van der Waals surface area contributed by atoms with E-state index in [-0.39, 0.29) is 11.8 Å². The molecular weight excluding hydrogens is 338 g/mol. The van der Waals surface area contributed by atoms with Gasteiger partial charge in [0.05, 0.1) is 0 Å². The van der Waals surface area contributed by atoms with Gasteiger partial charge in [-0.1, -0.05) is 12.8 Å². The summed E-state index contributed by atoms with van der Waals surface area (Å²) in [5.74, 6) is -0.310. The molecule has 0 saturated carbocycles. The smallest absolute Gasteiger partial charge is 0.239 e. The molecule has 1 fully saturated rings. The molecule has 0 aliphatic carbocycles. The van der Waals surface area contributed by atoms with Gasteiger partial charge in [0.2, 0.25) is 11.8 Å². The van der Waals surface area contributed by atoms with Crippen LogP contribution in [0.1, 0.15) is 58.9 Å². The minimum absolute atomic E-state index is 0.0701. The Bertz CT molecular complexity index is 658. The Morgan fingerprint density at radius 3 is 2.19 bits per heavy atom. The first kappa shape index (κ1) is 21.3. The van der Waals surface area contributed by atoms with Crippen LogP contribution in [-0.4, -0.2) is 42.9 Å². The lowest BCUT2D eigenvalue weighted by molar-refractivity contribution is -0.146. The summed E-state index contributed by atoms with van der Waals surface area (Å²) in [5.41, 5.74) is 1.85. The van der Waals surface area contributed by atoms with E-state index in [0.717, 1.165) is 68.8 Å². The van der Waals surface area contributed by atoms with Gasteiger partial charge < -0.3 is 15.1 Å². The minimum Gasteiger partial charge on any atom is -0.372 e. The summed E-state index contributed by atoms with van der Waals surface area (Å²) in [5, 5.41) is 2.98. The third kappa shape index (κ3) is 5.02. The molecule has 5 heteroatoms. The number of nitrogens with zero attached hydrogens (tertiary/aromatic N) is 2. The minimum atomic E-state index is -1.08. The SMILES string of the molecule is CCN(CC)c1ccc(NC(=O)C(C)(C)C(=O)N2CCCCCC2)c(C)c1. The maximum absolute atomic E-state index is 13.0. The van der Waals surface area contributed by atoms with Crippen molar-refractivity contribution in [3.8, 4) is 0 Å². The molecule has 1 heterocycles. The molecule has 0 spiro atoms. The molecule has 0 radical (unpaired) electrons. The Morgan fingerprint density at radius 2 is 1.67 bits per heavy atom. The van der Waals surface area contributed by atoms with Crippen molar-refractivity contribution < 1.29 is 9.59 Å². The summed E-state index contributed by atoms with van der Waals surface area (Å²) in [4.78, 5) is 30.0. The second-order valence-electron chi connectivity index (χ2n) is 7.96. The third-order valence-electron chi connectivity index (χ3n) is 5.58. The molecule has 2 rings (SSSR count). The largest absolute Gasteiger partial charge is 0.372 e. The van der Waals surface area contributed by atoms with E-state index in [4.69, 9.17) is 0 Å². The maximum atomic E-state index is 13.0. The number of carbonyl (C=O) groups excluding carboxylic acids is 2. The zero-order valence-corrected chi connectivity index (χ0v) is 17.6. The molecule has 1 aromatic rings. The highest BCUT2D eigenvalue weighted by molar-refractivity contribution is 6.10. The molecule has 0 aromatic heterocycles. The normalized spacial score (nSPS) is 15.2. The highest BCUT2D eigenvalue weighted by Gasteiger charge is 2.39. The molecule has 5 nitrogen and oxygen atoms in total. The number of benzene rings is 1. The van der Waals surface area contributed by atoms with Crippen LogP contribution in [0.3, 0.4) is 0 Å². The zero-order valence-electron chi connectivity index (χ0n) is 17.6. The Labute approximate surface area is 164 Å². The molecule has 1 aromatic carbocycles. The fourth-order valence-corrected chi connectivity index (χ4v) is 3.62. The number of aryl methyl sites for hydroxylation is 1. The van der Waals surface area contributed by atoms with Gasteiger partial charge >= 0.3 is 0 Å². The third-order valence-corrected chi connectivity index (χ3v) is 5.58. The van der Waals surface area contributed by atoms with Crippen molar-refractivity contribution >= 4 is 23.2 Å². The van der Waals surface area contributed by atoms with E-state index in [1.165, 1.54) is 0 Å². The van der Waals surface area contributed by atoms with E-state index in [2.05, 4.69) is 30.1 Å². The first-order valence-electron chi connectivity index (χ1n) is 10.3. The van der Waals surface area contributed by atoms with Gasteiger partial charge in [0.1, 0.15) is 5.41 Å². The summed E-state index contributed by atoms with van der Waals surface area (Å²) in [6.07, 6.45) is 4.37. The number of likely N-dealkylation sites (tertiary alicyclic amines) is 1. The fourth-order valence-electron chi connectivity index (χ4n) is 3.62. The zero-order chi connectivity index (χ0) is 20.0. The van der Waals surface area contributed by atoms with Crippen molar-refractivity contribution in [3.05, 3.63) is 23.8 Å². The molecule has 27 heavy (non-hydrogen) atoms. The summed E-state index contributed by atoms with van der Waals surface area (Å²) in [7, 11) is 0. The second-order valence-corrected chi connectivity index (χ2v) is 7.96. The Kier molecular flexibility index (Phi) is 7.28. The number of carbonyl (C=O) groups is 2. The molecule has 1 aliphatic heterocycles. The van der Waals surface area contributed by atoms with Crippen LogP contribution in [0.2, 0.25) is 0 Å². The van der Waals surface area contributed by atoms with Gasteiger partial charge in [0, 0.05) is 37.6 Å². The van der Waals surface area contributed by atoms with Gasteiger partial charge in [-0.2, -0.15) is 0 Å². The van der Waals surface area contributed by atoms with Crippen LogP contribution < -0.4 is 10.2 Å². The summed E-state index contributed by atoms with van der Waals surface area (Å²) < 4.78 is 0. The molecular formula is C22H35N3O2. The monoisotopic (exact) mass is 373 g/mol. The quantitative estimate of drug-likeness (QED) is 0.760. The lowest BCUT2D eigenvalue weighted by atomic mass is 9.89. The van der Waals surface area contributed by atoms with Crippen molar-refractivity contribution in [1.82, 2.24) is 4.90 Å². The van der Waals surface area contributed by atoms with E-state index >= 15 is 0 Å². The van der Waals surface area contributed by atoms with E-state index in [1.807, 2.05) is 24.0 Å². The highest BCUT2D eigenvalue weighted by atomic mass is 16.2. The van der Waals surface area contributed by atoms with Crippen molar-refractivity contribution in [2.75, 3.05) is 36.4 Å². The number of rotatable bonds is 6. The van der Waals surface area contributed by atoms with Crippen molar-refractivity contribution in [2.45, 2.75) is 60.3 Å². The average Bonchev–Trinajstić information content (AvgIpc) is 2.93. The predicted octanol–water partition coefficient (Wildman–Crippen LogP) is 4.21. The molecule has 1 aliphatic rings. The van der Waals surface area contributed by atoms with Crippen LogP contribution in [0.25, 0.3) is 0 Å². The Morgan fingerprint density at radius 1 is 1.07 bits per heavy atom. The summed E-state index contributed by atoms with van der Waals surface area (Å²) in [6, 6.07) is 6.05. The number of amides is 2. The van der Waals surface area contributed by atoms with Crippen molar-refractivity contribution in [1.29, 1.82) is 0 Å². The van der Waals surface area contributed by atoms with Crippen LogP contribution in [0.4, 0.5) is 11.4 Å². The van der Waals surface area contributed by atoms with Crippen molar-refractivity contribution in [3.63, 3.8) is 0 Å². The first-order valence-corrected chi connectivity index (χ1v) is 10.3. The number of hydrogen-bond acceptors (Lipinski definition) is 3. The van der Waals surface area contributed by atoms with Gasteiger partial charge in [-0.3, -0.25) is 9.59 Å². The summed E-state index contributed by atoms with van der Waals surface area (Å²) >= 11 is 0. The molecule has 1 saturated heterocycles. The van der Waals surface area contributed by atoms with Gasteiger partial charge in [-0.05, 0) is 71.2 Å².